The van der Waals surface area contributed by atoms with Crippen LogP contribution in [0.3, 0.4) is 0 Å². The molecule has 0 saturated carbocycles. The molecule has 3 aromatic rings. The number of esters is 1. The van der Waals surface area contributed by atoms with Gasteiger partial charge in [-0.25, -0.2) is 4.79 Å². The number of para-hydroxylation sites is 2. The summed E-state index contributed by atoms with van der Waals surface area (Å²) >= 11 is 0. The largest absolute Gasteiger partial charge is 0.453 e. The second-order valence-corrected chi connectivity index (χ2v) is 7.16. The van der Waals surface area contributed by atoms with Crippen LogP contribution >= 0.6 is 0 Å². The first kappa shape index (κ1) is 19.6. The molecule has 1 aromatic heterocycles. The summed E-state index contributed by atoms with van der Waals surface area (Å²) in [6, 6.07) is 11.0. The Hall–Kier alpha value is -3.15. The zero-order valence-electron chi connectivity index (χ0n) is 16.8. The standard InChI is InChI=1S/C22H24N2O4/c1-13-10-15(3)17(11-14(13)2)21(26)16(4)28-20(25)12-24-19-9-7-6-8-18(19)23(5)22(24)27/h6-11,16H,12H2,1-5H3/t16-/m0/s1. The number of benzene rings is 2. The molecule has 0 amide bonds. The predicted octanol–water partition coefficient (Wildman–Crippen LogP) is 3.08. The molecule has 0 aliphatic carbocycles. The molecule has 0 spiro atoms. The SMILES string of the molecule is Cc1cc(C)c(C(=O)[C@H](C)OC(=O)Cn2c(=O)n(C)c3ccccc32)cc1C. The van der Waals surface area contributed by atoms with Crippen LogP contribution in [0.1, 0.15) is 34.0 Å². The molecular weight excluding hydrogens is 356 g/mol. The van der Waals surface area contributed by atoms with Crippen molar-refractivity contribution in [3.8, 4) is 0 Å². The van der Waals surface area contributed by atoms with E-state index in [9.17, 15) is 14.4 Å². The van der Waals surface area contributed by atoms with E-state index in [1.807, 2.05) is 45.0 Å². The highest BCUT2D eigenvalue weighted by Crippen LogP contribution is 2.18. The smallest absolute Gasteiger partial charge is 0.329 e. The molecule has 0 aliphatic heterocycles. The molecule has 0 fully saturated rings. The van der Waals surface area contributed by atoms with Crippen molar-refractivity contribution in [2.75, 3.05) is 0 Å². The fourth-order valence-electron chi connectivity index (χ4n) is 3.38. The van der Waals surface area contributed by atoms with Gasteiger partial charge in [0.2, 0.25) is 5.78 Å². The minimum Gasteiger partial charge on any atom is -0.453 e. The maximum atomic E-state index is 12.8. The lowest BCUT2D eigenvalue weighted by molar-refractivity contribution is -0.147. The van der Waals surface area contributed by atoms with E-state index in [-0.39, 0.29) is 18.0 Å². The monoisotopic (exact) mass is 380 g/mol. The van der Waals surface area contributed by atoms with Gasteiger partial charge in [0.15, 0.2) is 6.10 Å². The predicted molar refractivity (Wildman–Crippen MR) is 108 cm³/mol. The lowest BCUT2D eigenvalue weighted by atomic mass is 9.96. The third-order valence-corrected chi connectivity index (χ3v) is 5.12. The summed E-state index contributed by atoms with van der Waals surface area (Å²) in [6.07, 6.45) is -0.931. The lowest BCUT2D eigenvalue weighted by Crippen LogP contribution is -2.30. The Morgan fingerprint density at radius 3 is 2.29 bits per heavy atom. The van der Waals surface area contributed by atoms with Crippen LogP contribution in [0.4, 0.5) is 0 Å². The number of fused-ring (bicyclic) bond motifs is 1. The van der Waals surface area contributed by atoms with Crippen molar-refractivity contribution in [1.29, 1.82) is 0 Å². The number of carbonyl (C=O) groups is 2. The number of ether oxygens (including phenoxy) is 1. The van der Waals surface area contributed by atoms with E-state index in [1.165, 1.54) is 9.13 Å². The number of hydrogen-bond acceptors (Lipinski definition) is 4. The number of aryl methyl sites for hydroxylation is 4. The number of hydrogen-bond donors (Lipinski definition) is 0. The summed E-state index contributed by atoms with van der Waals surface area (Å²) in [5.41, 5.74) is 4.59. The van der Waals surface area contributed by atoms with E-state index in [2.05, 4.69) is 0 Å². The molecule has 1 atom stereocenters. The summed E-state index contributed by atoms with van der Waals surface area (Å²) < 4.78 is 8.19. The van der Waals surface area contributed by atoms with Crippen LogP contribution in [-0.2, 0) is 23.1 Å². The van der Waals surface area contributed by atoms with Gasteiger partial charge in [-0.3, -0.25) is 18.7 Å². The highest BCUT2D eigenvalue weighted by molar-refractivity contribution is 6.01. The van der Waals surface area contributed by atoms with Crippen LogP contribution in [0, 0.1) is 20.8 Å². The Labute approximate surface area is 163 Å². The van der Waals surface area contributed by atoms with Gasteiger partial charge in [-0.15, -0.1) is 0 Å². The topological polar surface area (TPSA) is 70.3 Å². The number of Topliss-reactive ketones (excluding diaryl/α,β-unsaturated/α-hetero) is 1. The number of ketones is 1. The third-order valence-electron chi connectivity index (χ3n) is 5.12. The zero-order chi connectivity index (χ0) is 20.6. The number of aromatic nitrogens is 2. The lowest BCUT2D eigenvalue weighted by Gasteiger charge is -2.15. The summed E-state index contributed by atoms with van der Waals surface area (Å²) in [5, 5.41) is 0. The normalized spacial score (nSPS) is 12.2. The molecule has 146 valence electrons. The highest BCUT2D eigenvalue weighted by atomic mass is 16.5. The van der Waals surface area contributed by atoms with Gasteiger partial charge < -0.3 is 4.74 Å². The zero-order valence-corrected chi connectivity index (χ0v) is 16.8. The van der Waals surface area contributed by atoms with Crippen molar-refractivity contribution in [3.05, 3.63) is 69.1 Å². The Kier molecular flexibility index (Phi) is 5.23. The number of carbonyl (C=O) groups excluding carboxylic acids is 2. The summed E-state index contributed by atoms with van der Waals surface area (Å²) in [7, 11) is 1.65. The van der Waals surface area contributed by atoms with Gasteiger partial charge in [0, 0.05) is 12.6 Å². The van der Waals surface area contributed by atoms with Gasteiger partial charge in [0.1, 0.15) is 6.54 Å². The van der Waals surface area contributed by atoms with Crippen molar-refractivity contribution in [3.63, 3.8) is 0 Å². The number of nitrogens with zero attached hydrogens (tertiary/aromatic N) is 2. The quantitative estimate of drug-likeness (QED) is 0.504. The van der Waals surface area contributed by atoms with E-state index in [0.29, 0.717) is 11.1 Å². The molecule has 3 rings (SSSR count). The molecule has 0 N–H and O–H groups in total. The fraction of sp³-hybridized carbons (Fsp3) is 0.318. The number of rotatable bonds is 5. The molecule has 0 radical (unpaired) electrons. The molecule has 28 heavy (non-hydrogen) atoms. The highest BCUT2D eigenvalue weighted by Gasteiger charge is 2.23. The molecule has 0 aliphatic rings. The van der Waals surface area contributed by atoms with Gasteiger partial charge in [-0.1, -0.05) is 18.2 Å². The first-order valence-electron chi connectivity index (χ1n) is 9.16. The minimum atomic E-state index is -0.931. The van der Waals surface area contributed by atoms with Crippen molar-refractivity contribution < 1.29 is 14.3 Å². The van der Waals surface area contributed by atoms with Gasteiger partial charge >= 0.3 is 11.7 Å². The van der Waals surface area contributed by atoms with Gasteiger partial charge in [-0.2, -0.15) is 0 Å². The molecule has 0 bridgehead atoms. The fourth-order valence-corrected chi connectivity index (χ4v) is 3.38. The third kappa shape index (κ3) is 3.50. The average Bonchev–Trinajstić information content (AvgIpc) is 2.89. The first-order valence-corrected chi connectivity index (χ1v) is 9.16. The molecule has 0 saturated heterocycles. The van der Waals surface area contributed by atoms with Gasteiger partial charge in [0.25, 0.3) is 0 Å². The van der Waals surface area contributed by atoms with E-state index >= 15 is 0 Å². The molecule has 6 heteroatoms. The maximum absolute atomic E-state index is 12.8. The van der Waals surface area contributed by atoms with Crippen molar-refractivity contribution in [1.82, 2.24) is 9.13 Å². The molecule has 6 nitrogen and oxygen atoms in total. The first-order chi connectivity index (χ1) is 13.2. The summed E-state index contributed by atoms with van der Waals surface area (Å²) in [5.74, 6) is -0.875. The Morgan fingerprint density at radius 2 is 1.61 bits per heavy atom. The Bertz CT molecular complexity index is 1140. The van der Waals surface area contributed by atoms with Crippen LogP contribution in [0.25, 0.3) is 11.0 Å². The molecular formula is C22H24N2O4. The van der Waals surface area contributed by atoms with Crippen molar-refractivity contribution in [2.24, 2.45) is 7.05 Å². The Balaban J connectivity index is 1.79. The maximum Gasteiger partial charge on any atom is 0.329 e. The van der Waals surface area contributed by atoms with Crippen LogP contribution in [0.2, 0.25) is 0 Å². The molecule has 0 unspecified atom stereocenters. The van der Waals surface area contributed by atoms with Gasteiger partial charge in [0.05, 0.1) is 11.0 Å². The van der Waals surface area contributed by atoms with E-state index in [4.69, 9.17) is 4.74 Å². The van der Waals surface area contributed by atoms with E-state index in [1.54, 1.807) is 26.1 Å². The second kappa shape index (κ2) is 7.46. The van der Waals surface area contributed by atoms with Crippen LogP contribution in [-0.4, -0.2) is 27.0 Å². The minimum absolute atomic E-state index is 0.246. The van der Waals surface area contributed by atoms with E-state index < -0.39 is 12.1 Å². The summed E-state index contributed by atoms with van der Waals surface area (Å²) in [4.78, 5) is 37.6. The van der Waals surface area contributed by atoms with Crippen LogP contribution in [0.5, 0.6) is 0 Å². The van der Waals surface area contributed by atoms with Crippen molar-refractivity contribution in [2.45, 2.75) is 40.3 Å². The van der Waals surface area contributed by atoms with Crippen LogP contribution < -0.4 is 5.69 Å². The van der Waals surface area contributed by atoms with E-state index in [0.717, 1.165) is 22.2 Å². The van der Waals surface area contributed by atoms with Crippen molar-refractivity contribution >= 4 is 22.8 Å². The molecule has 1 heterocycles. The average molecular weight is 380 g/mol. The molecule has 2 aromatic carbocycles. The number of imidazole rings is 1. The second-order valence-electron chi connectivity index (χ2n) is 7.16. The van der Waals surface area contributed by atoms with Crippen LogP contribution in [0.15, 0.2) is 41.2 Å². The van der Waals surface area contributed by atoms with Gasteiger partial charge in [-0.05, 0) is 62.6 Å². The summed E-state index contributed by atoms with van der Waals surface area (Å²) in [6.45, 7) is 7.10. The Morgan fingerprint density at radius 1 is 1.00 bits per heavy atom.